The third-order valence-electron chi connectivity index (χ3n) is 2.12. The average molecular weight is 256 g/mol. The van der Waals surface area contributed by atoms with Crippen LogP contribution in [-0.2, 0) is 0 Å². The van der Waals surface area contributed by atoms with Gasteiger partial charge in [-0.2, -0.15) is 0 Å². The predicted molar refractivity (Wildman–Crippen MR) is 55.8 cm³/mol. The van der Waals surface area contributed by atoms with Gasteiger partial charge in [-0.05, 0) is 34.5 Å². The first-order valence-corrected chi connectivity index (χ1v) is 5.14. The molecule has 1 aromatic rings. The number of nitrogens with zero attached hydrogens (tertiary/aromatic N) is 1. The van der Waals surface area contributed by atoms with Crippen LogP contribution in [0.1, 0.15) is 16.9 Å². The molecule has 1 fully saturated rings. The molecular formula is C9H10BrN3O. The van der Waals surface area contributed by atoms with E-state index in [9.17, 15) is 4.79 Å². The van der Waals surface area contributed by atoms with Gasteiger partial charge in [0.15, 0.2) is 0 Å². The van der Waals surface area contributed by atoms with Crippen molar-refractivity contribution in [2.75, 3.05) is 0 Å². The van der Waals surface area contributed by atoms with E-state index in [0.717, 1.165) is 10.9 Å². The van der Waals surface area contributed by atoms with Gasteiger partial charge in [0, 0.05) is 22.8 Å². The van der Waals surface area contributed by atoms with E-state index in [-0.39, 0.29) is 18.0 Å². The second-order valence-electron chi connectivity index (χ2n) is 3.34. The molecule has 0 aromatic carbocycles. The molecule has 14 heavy (non-hydrogen) atoms. The van der Waals surface area contributed by atoms with Crippen LogP contribution in [0.2, 0.25) is 0 Å². The maximum atomic E-state index is 11.5. The van der Waals surface area contributed by atoms with E-state index >= 15 is 0 Å². The Labute approximate surface area is 90.0 Å². The highest BCUT2D eigenvalue weighted by molar-refractivity contribution is 9.10. The van der Waals surface area contributed by atoms with Gasteiger partial charge in [-0.3, -0.25) is 4.79 Å². The van der Waals surface area contributed by atoms with Crippen LogP contribution in [0.3, 0.4) is 0 Å². The van der Waals surface area contributed by atoms with Gasteiger partial charge < -0.3 is 11.1 Å². The molecule has 74 valence electrons. The lowest BCUT2D eigenvalue weighted by Gasteiger charge is -2.02. The molecule has 0 aliphatic heterocycles. The van der Waals surface area contributed by atoms with Crippen LogP contribution >= 0.6 is 15.9 Å². The molecule has 3 N–H and O–H groups in total. The summed E-state index contributed by atoms with van der Waals surface area (Å²) in [4.78, 5) is 15.5. The molecule has 1 amide bonds. The third kappa shape index (κ3) is 2.10. The van der Waals surface area contributed by atoms with Crippen molar-refractivity contribution in [3.63, 3.8) is 0 Å². The normalized spacial score (nSPS) is 24.4. The second-order valence-corrected chi connectivity index (χ2v) is 4.26. The fourth-order valence-corrected chi connectivity index (χ4v) is 1.37. The lowest BCUT2D eigenvalue weighted by atomic mass is 10.3. The Morgan fingerprint density at radius 3 is 2.86 bits per heavy atom. The van der Waals surface area contributed by atoms with Crippen molar-refractivity contribution < 1.29 is 4.79 Å². The summed E-state index contributed by atoms with van der Waals surface area (Å²) in [5.41, 5.74) is 6.00. The third-order valence-corrected chi connectivity index (χ3v) is 2.59. The minimum absolute atomic E-state index is 0.120. The first-order chi connectivity index (χ1) is 6.66. The Morgan fingerprint density at radius 2 is 2.36 bits per heavy atom. The predicted octanol–water partition coefficient (Wildman–Crippen LogP) is 0.673. The highest BCUT2D eigenvalue weighted by Crippen LogP contribution is 2.18. The molecular weight excluding hydrogens is 246 g/mol. The summed E-state index contributed by atoms with van der Waals surface area (Å²) in [6, 6.07) is 3.71. The molecule has 4 nitrogen and oxygen atoms in total. The summed E-state index contributed by atoms with van der Waals surface area (Å²) in [5.74, 6) is -0.157. The zero-order chi connectivity index (χ0) is 10.1. The number of carbonyl (C=O) groups is 1. The van der Waals surface area contributed by atoms with E-state index in [2.05, 4.69) is 26.2 Å². The number of hydrogen-bond donors (Lipinski definition) is 2. The number of amides is 1. The highest BCUT2D eigenvalue weighted by Gasteiger charge is 2.35. The first-order valence-electron chi connectivity index (χ1n) is 4.35. The molecule has 0 radical (unpaired) electrons. The first kappa shape index (κ1) is 9.61. The molecule has 1 aromatic heterocycles. The molecule has 0 bridgehead atoms. The number of pyridine rings is 1. The molecule has 1 heterocycles. The maximum absolute atomic E-state index is 11.5. The molecule has 1 aliphatic carbocycles. The smallest absolute Gasteiger partial charge is 0.270 e. The van der Waals surface area contributed by atoms with Crippen LogP contribution in [0.4, 0.5) is 0 Å². The molecule has 2 atom stereocenters. The van der Waals surface area contributed by atoms with Gasteiger partial charge in [-0.1, -0.05) is 0 Å². The van der Waals surface area contributed by atoms with Crippen LogP contribution < -0.4 is 11.1 Å². The van der Waals surface area contributed by atoms with Crippen molar-refractivity contribution in [2.45, 2.75) is 18.5 Å². The van der Waals surface area contributed by atoms with Crippen LogP contribution in [0.15, 0.2) is 22.8 Å². The van der Waals surface area contributed by atoms with Gasteiger partial charge in [-0.15, -0.1) is 0 Å². The Kier molecular flexibility index (Phi) is 2.52. The Balaban J connectivity index is 2.00. The molecule has 2 unspecified atom stereocenters. The van der Waals surface area contributed by atoms with Crippen molar-refractivity contribution in [1.82, 2.24) is 10.3 Å². The van der Waals surface area contributed by atoms with Crippen molar-refractivity contribution in [2.24, 2.45) is 5.73 Å². The van der Waals surface area contributed by atoms with E-state index in [1.165, 1.54) is 0 Å². The molecule has 2 rings (SSSR count). The standard InChI is InChI=1S/C9H10BrN3O/c10-5-1-2-7(12-4-5)9(14)13-8-3-6(8)11/h1-2,4,6,8H,3,11H2,(H,13,14). The van der Waals surface area contributed by atoms with Gasteiger partial charge >= 0.3 is 0 Å². The van der Waals surface area contributed by atoms with Crippen molar-refractivity contribution in [3.8, 4) is 0 Å². The number of nitrogens with one attached hydrogen (secondary N) is 1. The van der Waals surface area contributed by atoms with Gasteiger partial charge in [-0.25, -0.2) is 4.98 Å². The number of nitrogens with two attached hydrogens (primary N) is 1. The number of aromatic nitrogens is 1. The highest BCUT2D eigenvalue weighted by atomic mass is 79.9. The monoisotopic (exact) mass is 255 g/mol. The van der Waals surface area contributed by atoms with Crippen LogP contribution in [0.5, 0.6) is 0 Å². The summed E-state index contributed by atoms with van der Waals surface area (Å²) < 4.78 is 0.858. The fraction of sp³-hybridized carbons (Fsp3) is 0.333. The molecule has 5 heteroatoms. The molecule has 0 saturated heterocycles. The van der Waals surface area contributed by atoms with Crippen LogP contribution in [0, 0.1) is 0 Å². The number of halogens is 1. The minimum Gasteiger partial charge on any atom is -0.346 e. The van der Waals surface area contributed by atoms with Crippen molar-refractivity contribution >= 4 is 21.8 Å². The number of carbonyl (C=O) groups excluding carboxylic acids is 1. The van der Waals surface area contributed by atoms with Crippen molar-refractivity contribution in [1.29, 1.82) is 0 Å². The van der Waals surface area contributed by atoms with E-state index in [1.807, 2.05) is 0 Å². The molecule has 1 saturated carbocycles. The minimum atomic E-state index is -0.157. The van der Waals surface area contributed by atoms with Crippen LogP contribution in [-0.4, -0.2) is 23.0 Å². The van der Waals surface area contributed by atoms with Crippen LogP contribution in [0.25, 0.3) is 0 Å². The summed E-state index contributed by atoms with van der Waals surface area (Å²) in [5, 5.41) is 2.80. The van der Waals surface area contributed by atoms with E-state index in [0.29, 0.717) is 5.69 Å². The van der Waals surface area contributed by atoms with E-state index in [4.69, 9.17) is 5.73 Å². The Hall–Kier alpha value is -0.940. The topological polar surface area (TPSA) is 68.0 Å². The maximum Gasteiger partial charge on any atom is 0.270 e. The van der Waals surface area contributed by atoms with Gasteiger partial charge in [0.25, 0.3) is 5.91 Å². The lowest BCUT2D eigenvalue weighted by Crippen LogP contribution is -2.30. The number of hydrogen-bond acceptors (Lipinski definition) is 3. The van der Waals surface area contributed by atoms with Crippen molar-refractivity contribution in [3.05, 3.63) is 28.5 Å². The van der Waals surface area contributed by atoms with Gasteiger partial charge in [0.05, 0.1) is 0 Å². The Bertz CT molecular complexity index is 352. The molecule has 0 spiro atoms. The number of rotatable bonds is 2. The summed E-state index contributed by atoms with van der Waals surface area (Å²) in [7, 11) is 0. The van der Waals surface area contributed by atoms with Gasteiger partial charge in [0.1, 0.15) is 5.69 Å². The fourth-order valence-electron chi connectivity index (χ4n) is 1.13. The van der Waals surface area contributed by atoms with E-state index in [1.54, 1.807) is 18.3 Å². The SMILES string of the molecule is NC1CC1NC(=O)c1ccc(Br)cn1. The van der Waals surface area contributed by atoms with E-state index < -0.39 is 0 Å². The largest absolute Gasteiger partial charge is 0.346 e. The summed E-state index contributed by atoms with van der Waals surface area (Å²) in [6.45, 7) is 0. The quantitative estimate of drug-likeness (QED) is 0.817. The zero-order valence-electron chi connectivity index (χ0n) is 7.40. The summed E-state index contributed by atoms with van der Waals surface area (Å²) >= 11 is 3.25. The summed E-state index contributed by atoms with van der Waals surface area (Å²) in [6.07, 6.45) is 2.46. The second kappa shape index (κ2) is 3.67. The molecule has 1 aliphatic rings. The Morgan fingerprint density at radius 1 is 1.64 bits per heavy atom. The zero-order valence-corrected chi connectivity index (χ0v) is 8.99. The average Bonchev–Trinajstić information content (AvgIpc) is 2.82. The van der Waals surface area contributed by atoms with Gasteiger partial charge in [0.2, 0.25) is 0 Å². The lowest BCUT2D eigenvalue weighted by molar-refractivity contribution is 0.0945.